The van der Waals surface area contributed by atoms with Gasteiger partial charge in [0.25, 0.3) is 5.91 Å². The molecule has 1 amide bonds. The molecule has 0 aliphatic carbocycles. The second-order valence-corrected chi connectivity index (χ2v) is 6.49. The standard InChI is InChI=1S/C18H14BrClN2O3/c1-24-11-3-5-15(14(21)9-11)22-18(23)17-7-6-16(25-17)12-4-2-10(20)8-13(12)19/h2-9H,21H2,1H3,(H,22,23). The molecule has 0 saturated heterocycles. The third-order valence-corrected chi connectivity index (χ3v) is 4.42. The van der Waals surface area contributed by atoms with Crippen LogP contribution in [-0.4, -0.2) is 13.0 Å². The summed E-state index contributed by atoms with van der Waals surface area (Å²) in [5, 5.41) is 3.33. The number of rotatable bonds is 4. The fourth-order valence-electron chi connectivity index (χ4n) is 2.26. The van der Waals surface area contributed by atoms with E-state index >= 15 is 0 Å². The minimum atomic E-state index is -0.395. The van der Waals surface area contributed by atoms with Crippen LogP contribution in [0, 0.1) is 0 Å². The molecule has 0 bridgehead atoms. The molecule has 0 saturated carbocycles. The molecule has 5 nitrogen and oxygen atoms in total. The third kappa shape index (κ3) is 3.81. The van der Waals surface area contributed by atoms with Crippen molar-refractivity contribution in [2.24, 2.45) is 0 Å². The Balaban J connectivity index is 1.81. The van der Waals surface area contributed by atoms with Crippen molar-refractivity contribution in [1.82, 2.24) is 0 Å². The minimum absolute atomic E-state index is 0.173. The van der Waals surface area contributed by atoms with E-state index in [-0.39, 0.29) is 5.76 Å². The topological polar surface area (TPSA) is 77.5 Å². The second kappa shape index (κ2) is 7.21. The van der Waals surface area contributed by atoms with Crippen molar-refractivity contribution in [2.45, 2.75) is 0 Å². The van der Waals surface area contributed by atoms with Gasteiger partial charge in [0.15, 0.2) is 5.76 Å². The zero-order valence-electron chi connectivity index (χ0n) is 13.2. The van der Waals surface area contributed by atoms with Crippen LogP contribution in [0.4, 0.5) is 11.4 Å². The van der Waals surface area contributed by atoms with E-state index in [1.165, 1.54) is 0 Å². The summed E-state index contributed by atoms with van der Waals surface area (Å²) in [6.45, 7) is 0. The van der Waals surface area contributed by atoms with Crippen LogP contribution < -0.4 is 15.8 Å². The largest absolute Gasteiger partial charge is 0.497 e. The van der Waals surface area contributed by atoms with E-state index in [9.17, 15) is 4.79 Å². The maximum absolute atomic E-state index is 12.4. The molecule has 3 aromatic rings. The van der Waals surface area contributed by atoms with E-state index in [0.29, 0.717) is 27.9 Å². The van der Waals surface area contributed by atoms with Crippen molar-refractivity contribution < 1.29 is 13.9 Å². The number of carbonyl (C=O) groups is 1. The average molecular weight is 422 g/mol. The molecule has 0 aliphatic heterocycles. The number of halogens is 2. The van der Waals surface area contributed by atoms with Crippen LogP contribution in [0.15, 0.2) is 57.4 Å². The lowest BCUT2D eigenvalue weighted by Gasteiger charge is -2.08. The highest BCUT2D eigenvalue weighted by Gasteiger charge is 2.15. The number of nitrogens with one attached hydrogen (secondary N) is 1. The number of methoxy groups -OCH3 is 1. The van der Waals surface area contributed by atoms with Crippen molar-refractivity contribution in [3.8, 4) is 17.1 Å². The molecule has 0 fully saturated rings. The van der Waals surface area contributed by atoms with Gasteiger partial charge in [0.05, 0.1) is 18.5 Å². The number of hydrogen-bond donors (Lipinski definition) is 2. The Hall–Kier alpha value is -2.44. The van der Waals surface area contributed by atoms with Crippen molar-refractivity contribution in [1.29, 1.82) is 0 Å². The molecule has 7 heteroatoms. The number of nitrogen functional groups attached to an aromatic ring is 1. The Bertz CT molecular complexity index is 940. The number of nitrogens with two attached hydrogens (primary N) is 1. The lowest BCUT2D eigenvalue weighted by molar-refractivity contribution is 0.0997. The summed E-state index contributed by atoms with van der Waals surface area (Å²) in [7, 11) is 1.55. The van der Waals surface area contributed by atoms with E-state index in [4.69, 9.17) is 26.5 Å². The molecule has 0 spiro atoms. The van der Waals surface area contributed by atoms with Crippen LogP contribution in [0.3, 0.4) is 0 Å². The van der Waals surface area contributed by atoms with Crippen LogP contribution in [0.1, 0.15) is 10.6 Å². The van der Waals surface area contributed by atoms with E-state index < -0.39 is 5.91 Å². The first kappa shape index (κ1) is 17.4. The number of anilines is 2. The molecule has 25 heavy (non-hydrogen) atoms. The molecule has 3 N–H and O–H groups in total. The number of furan rings is 1. The van der Waals surface area contributed by atoms with Gasteiger partial charge in [-0.25, -0.2) is 0 Å². The second-order valence-electron chi connectivity index (χ2n) is 5.20. The molecule has 1 heterocycles. The molecule has 2 aromatic carbocycles. The monoisotopic (exact) mass is 420 g/mol. The Morgan fingerprint density at radius 3 is 2.68 bits per heavy atom. The molecule has 128 valence electrons. The maximum atomic E-state index is 12.4. The van der Waals surface area contributed by atoms with Gasteiger partial charge in [0, 0.05) is 21.1 Å². The van der Waals surface area contributed by atoms with Crippen LogP contribution >= 0.6 is 27.5 Å². The lowest BCUT2D eigenvalue weighted by atomic mass is 10.2. The predicted octanol–water partition coefficient (Wildman–Crippen LogP) is 5.21. The summed E-state index contributed by atoms with van der Waals surface area (Å²) in [6, 6.07) is 13.7. The smallest absolute Gasteiger partial charge is 0.291 e. The lowest BCUT2D eigenvalue weighted by Crippen LogP contribution is -2.12. The first-order valence-corrected chi connectivity index (χ1v) is 8.45. The first-order valence-electron chi connectivity index (χ1n) is 7.28. The van der Waals surface area contributed by atoms with Gasteiger partial charge in [-0.1, -0.05) is 11.6 Å². The van der Waals surface area contributed by atoms with Crippen molar-refractivity contribution in [2.75, 3.05) is 18.2 Å². The van der Waals surface area contributed by atoms with Gasteiger partial charge in [0.2, 0.25) is 0 Å². The number of carbonyl (C=O) groups excluding carboxylic acids is 1. The molecule has 0 unspecified atom stereocenters. The molecule has 3 rings (SSSR count). The molecule has 0 radical (unpaired) electrons. The van der Waals surface area contributed by atoms with Crippen LogP contribution in [0.25, 0.3) is 11.3 Å². The quantitative estimate of drug-likeness (QED) is 0.567. The number of hydrogen-bond acceptors (Lipinski definition) is 4. The zero-order valence-corrected chi connectivity index (χ0v) is 15.5. The van der Waals surface area contributed by atoms with Gasteiger partial charge in [-0.05, 0) is 58.4 Å². The fourth-order valence-corrected chi connectivity index (χ4v) is 3.14. The number of ether oxygens (including phenoxy) is 1. The Labute approximate surface area is 157 Å². The Kier molecular flexibility index (Phi) is 5.01. The fraction of sp³-hybridized carbons (Fsp3) is 0.0556. The first-order chi connectivity index (χ1) is 12.0. The van der Waals surface area contributed by atoms with Crippen molar-refractivity contribution in [3.63, 3.8) is 0 Å². The van der Waals surface area contributed by atoms with E-state index in [1.807, 2.05) is 6.07 Å². The van der Waals surface area contributed by atoms with Gasteiger partial charge in [-0.15, -0.1) is 0 Å². The van der Waals surface area contributed by atoms with Gasteiger partial charge < -0.3 is 20.2 Å². The highest BCUT2D eigenvalue weighted by molar-refractivity contribution is 9.10. The maximum Gasteiger partial charge on any atom is 0.291 e. The molecule has 0 aliphatic rings. The molecule has 0 atom stereocenters. The number of amides is 1. The normalized spacial score (nSPS) is 10.5. The van der Waals surface area contributed by atoms with Gasteiger partial charge in [-0.3, -0.25) is 4.79 Å². The highest BCUT2D eigenvalue weighted by Crippen LogP contribution is 2.32. The van der Waals surface area contributed by atoms with Crippen molar-refractivity contribution in [3.05, 3.63) is 63.8 Å². The molecular formula is C18H14BrClN2O3. The van der Waals surface area contributed by atoms with Gasteiger partial charge in [-0.2, -0.15) is 0 Å². The minimum Gasteiger partial charge on any atom is -0.497 e. The zero-order chi connectivity index (χ0) is 18.0. The summed E-state index contributed by atoms with van der Waals surface area (Å²) in [6.07, 6.45) is 0. The van der Waals surface area contributed by atoms with Gasteiger partial charge in [0.1, 0.15) is 11.5 Å². The van der Waals surface area contributed by atoms with Gasteiger partial charge >= 0.3 is 0 Å². The molecular weight excluding hydrogens is 408 g/mol. The molecule has 1 aromatic heterocycles. The average Bonchev–Trinajstić information content (AvgIpc) is 3.06. The highest BCUT2D eigenvalue weighted by atomic mass is 79.9. The third-order valence-electron chi connectivity index (χ3n) is 3.53. The Morgan fingerprint density at radius 1 is 1.20 bits per heavy atom. The van der Waals surface area contributed by atoms with Crippen LogP contribution in [0.2, 0.25) is 5.02 Å². The summed E-state index contributed by atoms with van der Waals surface area (Å²) >= 11 is 9.37. The summed E-state index contributed by atoms with van der Waals surface area (Å²) in [4.78, 5) is 12.4. The van der Waals surface area contributed by atoms with E-state index in [0.717, 1.165) is 10.0 Å². The van der Waals surface area contributed by atoms with E-state index in [1.54, 1.807) is 49.6 Å². The van der Waals surface area contributed by atoms with Crippen LogP contribution in [0.5, 0.6) is 5.75 Å². The predicted molar refractivity (Wildman–Crippen MR) is 102 cm³/mol. The Morgan fingerprint density at radius 2 is 2.00 bits per heavy atom. The number of benzene rings is 2. The summed E-state index contributed by atoms with van der Waals surface area (Å²) in [5.74, 6) is 0.944. The summed E-state index contributed by atoms with van der Waals surface area (Å²) in [5.41, 5.74) is 7.59. The van der Waals surface area contributed by atoms with E-state index in [2.05, 4.69) is 21.2 Å². The summed E-state index contributed by atoms with van der Waals surface area (Å²) < 4.78 is 11.5. The SMILES string of the molecule is COc1ccc(NC(=O)c2ccc(-c3ccc(Cl)cc3Br)o2)c(N)c1. The van der Waals surface area contributed by atoms with Crippen molar-refractivity contribution >= 4 is 44.8 Å². The van der Waals surface area contributed by atoms with Crippen LogP contribution in [-0.2, 0) is 0 Å².